The van der Waals surface area contributed by atoms with E-state index in [1.807, 2.05) is 0 Å². The van der Waals surface area contributed by atoms with Crippen LogP contribution in [-0.4, -0.2) is 18.3 Å². The average molecular weight is 262 g/mol. The molecule has 2 atom stereocenters. The highest BCUT2D eigenvalue weighted by Gasteiger charge is 2.14. The summed E-state index contributed by atoms with van der Waals surface area (Å²) >= 11 is 0. The van der Waals surface area contributed by atoms with Gasteiger partial charge in [-0.05, 0) is 30.2 Å². The Morgan fingerprint density at radius 3 is 2.63 bits per heavy atom. The van der Waals surface area contributed by atoms with Crippen LogP contribution in [0.1, 0.15) is 18.1 Å². The van der Waals surface area contributed by atoms with E-state index in [9.17, 15) is 9.50 Å². The molecular formula is C16H19FO2. The minimum absolute atomic E-state index is 0.0116. The van der Waals surface area contributed by atoms with E-state index < -0.39 is 6.10 Å². The molecule has 0 aliphatic heterocycles. The van der Waals surface area contributed by atoms with Crippen LogP contribution in [0.15, 0.2) is 55.3 Å². The fourth-order valence-corrected chi connectivity index (χ4v) is 1.76. The molecule has 2 nitrogen and oxygen atoms in total. The van der Waals surface area contributed by atoms with Crippen LogP contribution in [0.4, 0.5) is 4.39 Å². The summed E-state index contributed by atoms with van der Waals surface area (Å²) in [4.78, 5) is 0. The quantitative estimate of drug-likeness (QED) is 0.442. The third-order valence-corrected chi connectivity index (χ3v) is 2.70. The lowest BCUT2D eigenvalue weighted by molar-refractivity contribution is 0.0969. The standard InChI is InChI=1S/C16H19FO2/c1-3-5-13(12-19-10-4-2)11-16(18)14-6-8-15(17)9-7-14/h4-9,13,16,18H,1-2,10-12H2. The second kappa shape index (κ2) is 8.44. The normalized spacial score (nSPS) is 13.4. The maximum absolute atomic E-state index is 12.8. The molecule has 19 heavy (non-hydrogen) atoms. The maximum Gasteiger partial charge on any atom is 0.123 e. The Kier molecular flexibility index (Phi) is 6.83. The van der Waals surface area contributed by atoms with Crippen molar-refractivity contribution in [3.63, 3.8) is 0 Å². The SMILES string of the molecule is C=C=CC(COCC=C)CC(O)c1ccc(F)cc1. The van der Waals surface area contributed by atoms with Gasteiger partial charge in [-0.2, -0.15) is 0 Å². The predicted octanol–water partition coefficient (Wildman–Crippen LogP) is 3.41. The zero-order valence-electron chi connectivity index (χ0n) is 10.9. The van der Waals surface area contributed by atoms with Crippen LogP contribution in [0, 0.1) is 11.7 Å². The molecule has 0 aliphatic carbocycles. The van der Waals surface area contributed by atoms with Gasteiger partial charge in [-0.1, -0.05) is 24.8 Å². The molecule has 0 aromatic heterocycles. The molecule has 0 spiro atoms. The molecule has 0 saturated carbocycles. The van der Waals surface area contributed by atoms with Gasteiger partial charge in [0.1, 0.15) is 5.82 Å². The van der Waals surface area contributed by atoms with Crippen LogP contribution in [0.5, 0.6) is 0 Å². The molecule has 0 radical (unpaired) electrons. The van der Waals surface area contributed by atoms with Gasteiger partial charge in [0.2, 0.25) is 0 Å². The second-order valence-corrected chi connectivity index (χ2v) is 4.26. The summed E-state index contributed by atoms with van der Waals surface area (Å²) in [5, 5.41) is 10.1. The first-order valence-electron chi connectivity index (χ1n) is 6.15. The highest BCUT2D eigenvalue weighted by molar-refractivity contribution is 5.18. The van der Waals surface area contributed by atoms with Crippen molar-refractivity contribution < 1.29 is 14.2 Å². The minimum Gasteiger partial charge on any atom is -0.388 e. The molecule has 0 fully saturated rings. The molecule has 1 N–H and O–H groups in total. The molecule has 102 valence electrons. The summed E-state index contributed by atoms with van der Waals surface area (Å²) in [6, 6.07) is 5.84. The van der Waals surface area contributed by atoms with Crippen molar-refractivity contribution in [1.82, 2.24) is 0 Å². The summed E-state index contributed by atoms with van der Waals surface area (Å²) < 4.78 is 18.2. The molecule has 0 saturated heterocycles. The highest BCUT2D eigenvalue weighted by Crippen LogP contribution is 2.22. The van der Waals surface area contributed by atoms with Crippen LogP contribution < -0.4 is 0 Å². The van der Waals surface area contributed by atoms with Crippen LogP contribution in [0.3, 0.4) is 0 Å². The molecule has 2 unspecified atom stereocenters. The smallest absolute Gasteiger partial charge is 0.123 e. The van der Waals surface area contributed by atoms with Crippen molar-refractivity contribution in [3.05, 3.63) is 66.7 Å². The van der Waals surface area contributed by atoms with Crippen LogP contribution in [0.25, 0.3) is 0 Å². The summed E-state index contributed by atoms with van der Waals surface area (Å²) in [5.74, 6) is -0.301. The van der Waals surface area contributed by atoms with E-state index in [0.717, 1.165) is 0 Å². The summed E-state index contributed by atoms with van der Waals surface area (Å²) in [7, 11) is 0. The van der Waals surface area contributed by atoms with Gasteiger partial charge in [0, 0.05) is 5.92 Å². The third kappa shape index (κ3) is 5.66. The lowest BCUT2D eigenvalue weighted by Gasteiger charge is -2.17. The van der Waals surface area contributed by atoms with Gasteiger partial charge in [0.25, 0.3) is 0 Å². The van der Waals surface area contributed by atoms with E-state index in [2.05, 4.69) is 18.9 Å². The Bertz CT molecular complexity index is 433. The van der Waals surface area contributed by atoms with Gasteiger partial charge in [-0.3, -0.25) is 0 Å². The van der Waals surface area contributed by atoms with Gasteiger partial charge in [-0.15, -0.1) is 12.3 Å². The molecule has 3 heteroatoms. The van der Waals surface area contributed by atoms with Gasteiger partial charge in [0.05, 0.1) is 19.3 Å². The fraction of sp³-hybridized carbons (Fsp3) is 0.312. The Morgan fingerprint density at radius 1 is 1.37 bits per heavy atom. The first-order chi connectivity index (χ1) is 9.17. The van der Waals surface area contributed by atoms with Gasteiger partial charge < -0.3 is 9.84 Å². The molecule has 1 aromatic rings. The van der Waals surface area contributed by atoms with Crippen molar-refractivity contribution in [2.75, 3.05) is 13.2 Å². The van der Waals surface area contributed by atoms with E-state index in [0.29, 0.717) is 25.2 Å². The highest BCUT2D eigenvalue weighted by atomic mass is 19.1. The number of hydrogen-bond donors (Lipinski definition) is 1. The molecule has 0 bridgehead atoms. The zero-order valence-corrected chi connectivity index (χ0v) is 10.9. The predicted molar refractivity (Wildman–Crippen MR) is 74.2 cm³/mol. The molecule has 1 rings (SSSR count). The number of hydrogen-bond acceptors (Lipinski definition) is 2. The van der Waals surface area contributed by atoms with Crippen molar-refractivity contribution in [3.8, 4) is 0 Å². The number of benzene rings is 1. The van der Waals surface area contributed by atoms with E-state index in [4.69, 9.17) is 4.74 Å². The summed E-state index contributed by atoms with van der Waals surface area (Å²) in [6.07, 6.45) is 3.26. The Hall–Kier alpha value is -1.67. The molecule has 1 aromatic carbocycles. The van der Waals surface area contributed by atoms with E-state index >= 15 is 0 Å². The fourth-order valence-electron chi connectivity index (χ4n) is 1.76. The molecular weight excluding hydrogens is 243 g/mol. The monoisotopic (exact) mass is 262 g/mol. The van der Waals surface area contributed by atoms with Crippen molar-refractivity contribution >= 4 is 0 Å². The first kappa shape index (κ1) is 15.4. The number of ether oxygens (including phenoxy) is 1. The Balaban J connectivity index is 2.59. The van der Waals surface area contributed by atoms with Crippen molar-refractivity contribution in [1.29, 1.82) is 0 Å². The lowest BCUT2D eigenvalue weighted by atomic mass is 9.97. The first-order valence-corrected chi connectivity index (χ1v) is 6.15. The summed E-state index contributed by atoms with van der Waals surface area (Å²) in [6.45, 7) is 8.04. The summed E-state index contributed by atoms with van der Waals surface area (Å²) in [5.41, 5.74) is 3.40. The average Bonchev–Trinajstić information content (AvgIpc) is 2.40. The van der Waals surface area contributed by atoms with E-state index in [1.165, 1.54) is 12.1 Å². The largest absolute Gasteiger partial charge is 0.388 e. The van der Waals surface area contributed by atoms with Crippen LogP contribution in [0.2, 0.25) is 0 Å². The number of aliphatic hydroxyl groups is 1. The Morgan fingerprint density at radius 2 is 2.05 bits per heavy atom. The van der Waals surface area contributed by atoms with E-state index in [-0.39, 0.29) is 11.7 Å². The molecule has 0 aliphatic rings. The zero-order chi connectivity index (χ0) is 14.1. The third-order valence-electron chi connectivity index (χ3n) is 2.70. The van der Waals surface area contributed by atoms with Gasteiger partial charge in [0.15, 0.2) is 0 Å². The Labute approximate surface area is 113 Å². The minimum atomic E-state index is -0.664. The second-order valence-electron chi connectivity index (χ2n) is 4.26. The van der Waals surface area contributed by atoms with Crippen LogP contribution >= 0.6 is 0 Å². The number of rotatable bonds is 8. The van der Waals surface area contributed by atoms with Gasteiger partial charge >= 0.3 is 0 Å². The van der Waals surface area contributed by atoms with E-state index in [1.54, 1.807) is 24.3 Å². The molecule has 0 heterocycles. The maximum atomic E-state index is 12.8. The van der Waals surface area contributed by atoms with Gasteiger partial charge in [-0.25, -0.2) is 4.39 Å². The number of aliphatic hydroxyl groups excluding tert-OH is 1. The lowest BCUT2D eigenvalue weighted by Crippen LogP contribution is -2.12. The van der Waals surface area contributed by atoms with Crippen molar-refractivity contribution in [2.45, 2.75) is 12.5 Å². The number of halogens is 1. The van der Waals surface area contributed by atoms with Crippen LogP contribution in [-0.2, 0) is 4.74 Å². The molecule has 0 amide bonds. The topological polar surface area (TPSA) is 29.5 Å². The van der Waals surface area contributed by atoms with Crippen molar-refractivity contribution in [2.24, 2.45) is 5.92 Å².